The number of furan rings is 1. The Morgan fingerprint density at radius 3 is 2.61 bits per heavy atom. The van der Waals surface area contributed by atoms with E-state index in [4.69, 9.17) is 4.42 Å². The molecule has 1 aromatic heterocycles. The van der Waals surface area contributed by atoms with Gasteiger partial charge in [0.15, 0.2) is 5.78 Å². The average Bonchev–Trinajstić information content (AvgIpc) is 2.88. The van der Waals surface area contributed by atoms with Crippen LogP contribution in [0, 0.1) is 6.92 Å². The summed E-state index contributed by atoms with van der Waals surface area (Å²) in [6, 6.07) is 12.0. The fourth-order valence-electron chi connectivity index (χ4n) is 3.61. The summed E-state index contributed by atoms with van der Waals surface area (Å²) in [6.07, 6.45) is 1.31. The first-order chi connectivity index (χ1) is 11.1. The van der Waals surface area contributed by atoms with E-state index in [0.717, 1.165) is 40.6 Å². The second-order valence-corrected chi connectivity index (χ2v) is 6.41. The molecule has 0 unspecified atom stereocenters. The minimum absolute atomic E-state index is 0.00735. The maximum absolute atomic E-state index is 12.8. The van der Waals surface area contributed by atoms with E-state index in [1.807, 2.05) is 50.2 Å². The Morgan fingerprint density at radius 2 is 1.87 bits per heavy atom. The third kappa shape index (κ3) is 2.44. The number of carbonyl (C=O) groups is 1. The highest BCUT2D eigenvalue weighted by atomic mass is 16.3. The fourth-order valence-corrected chi connectivity index (χ4v) is 3.61. The molecule has 0 saturated heterocycles. The molecule has 4 rings (SSSR count). The lowest BCUT2D eigenvalue weighted by Gasteiger charge is -2.27. The smallest absolute Gasteiger partial charge is 0.163 e. The second kappa shape index (κ2) is 5.30. The van der Waals surface area contributed by atoms with Crippen molar-refractivity contribution in [3.63, 3.8) is 0 Å². The van der Waals surface area contributed by atoms with Crippen LogP contribution in [0.3, 0.4) is 0 Å². The Balaban J connectivity index is 1.72. The van der Waals surface area contributed by atoms with Gasteiger partial charge in [0.05, 0.1) is 17.4 Å². The highest BCUT2D eigenvalue weighted by Gasteiger charge is 2.34. The maximum Gasteiger partial charge on any atom is 0.163 e. The van der Waals surface area contributed by atoms with Crippen LogP contribution in [0.1, 0.15) is 37.2 Å². The van der Waals surface area contributed by atoms with Crippen LogP contribution < -0.4 is 10.6 Å². The number of nitrogens with one attached hydrogen (secondary N) is 2. The normalized spacial score (nSPS) is 23.5. The molecule has 0 saturated carbocycles. The molecule has 23 heavy (non-hydrogen) atoms. The number of hydrogen-bond donors (Lipinski definition) is 2. The van der Waals surface area contributed by atoms with Crippen LogP contribution >= 0.6 is 0 Å². The highest BCUT2D eigenvalue weighted by Crippen LogP contribution is 2.40. The van der Waals surface area contributed by atoms with Crippen molar-refractivity contribution in [1.82, 2.24) is 0 Å². The minimum Gasteiger partial charge on any atom is -0.466 e. The van der Waals surface area contributed by atoms with Gasteiger partial charge in [0, 0.05) is 23.6 Å². The SMILES string of the molecule is Cc1ccc([C@@H]2CC(=O)C3=C(C2)Nc2ccccc2N[C@H]3C)o1. The third-order valence-electron chi connectivity index (χ3n) is 4.69. The van der Waals surface area contributed by atoms with Gasteiger partial charge in [-0.25, -0.2) is 0 Å². The van der Waals surface area contributed by atoms with E-state index >= 15 is 0 Å². The molecule has 0 amide bonds. The van der Waals surface area contributed by atoms with E-state index in [1.54, 1.807) is 0 Å². The first-order valence-corrected chi connectivity index (χ1v) is 8.07. The van der Waals surface area contributed by atoms with Crippen molar-refractivity contribution < 1.29 is 9.21 Å². The van der Waals surface area contributed by atoms with Crippen molar-refractivity contribution in [2.24, 2.45) is 0 Å². The number of ketones is 1. The molecule has 1 aliphatic carbocycles. The van der Waals surface area contributed by atoms with Crippen molar-refractivity contribution in [2.75, 3.05) is 10.6 Å². The largest absolute Gasteiger partial charge is 0.466 e. The predicted molar refractivity (Wildman–Crippen MR) is 90.6 cm³/mol. The summed E-state index contributed by atoms with van der Waals surface area (Å²) < 4.78 is 5.76. The molecule has 2 atom stereocenters. The molecule has 118 valence electrons. The van der Waals surface area contributed by atoms with Crippen molar-refractivity contribution in [3.05, 3.63) is 59.2 Å². The van der Waals surface area contributed by atoms with Crippen molar-refractivity contribution in [2.45, 2.75) is 38.6 Å². The summed E-state index contributed by atoms with van der Waals surface area (Å²) in [5.41, 5.74) is 3.95. The number of Topliss-reactive ketones (excluding diaryl/α,β-unsaturated/α-hetero) is 1. The molecular formula is C19H20N2O2. The monoisotopic (exact) mass is 308 g/mol. The topological polar surface area (TPSA) is 54.3 Å². The zero-order valence-electron chi connectivity index (χ0n) is 13.3. The van der Waals surface area contributed by atoms with E-state index in [9.17, 15) is 4.79 Å². The molecule has 1 aromatic carbocycles. The molecule has 4 nitrogen and oxygen atoms in total. The van der Waals surface area contributed by atoms with Crippen LogP contribution in [0.2, 0.25) is 0 Å². The van der Waals surface area contributed by atoms with Gasteiger partial charge >= 0.3 is 0 Å². The van der Waals surface area contributed by atoms with Gasteiger partial charge in [-0.15, -0.1) is 0 Å². The van der Waals surface area contributed by atoms with E-state index in [0.29, 0.717) is 6.42 Å². The number of para-hydroxylation sites is 2. The van der Waals surface area contributed by atoms with Gasteiger partial charge in [-0.05, 0) is 44.5 Å². The Labute approximate surface area is 135 Å². The first kappa shape index (κ1) is 14.1. The number of hydrogen-bond acceptors (Lipinski definition) is 4. The lowest BCUT2D eigenvalue weighted by molar-refractivity contribution is -0.116. The molecule has 2 aromatic rings. The van der Waals surface area contributed by atoms with E-state index < -0.39 is 0 Å². The van der Waals surface area contributed by atoms with E-state index in [1.165, 1.54) is 0 Å². The summed E-state index contributed by atoms with van der Waals surface area (Å²) >= 11 is 0. The van der Waals surface area contributed by atoms with Gasteiger partial charge < -0.3 is 15.1 Å². The Hall–Kier alpha value is -2.49. The molecule has 2 N–H and O–H groups in total. The number of benzene rings is 1. The Morgan fingerprint density at radius 1 is 1.09 bits per heavy atom. The molecule has 0 spiro atoms. The zero-order chi connectivity index (χ0) is 16.0. The highest BCUT2D eigenvalue weighted by molar-refractivity contribution is 6.00. The molecule has 4 heteroatoms. The van der Waals surface area contributed by atoms with Gasteiger partial charge in [0.2, 0.25) is 0 Å². The van der Waals surface area contributed by atoms with Crippen LogP contribution in [0.4, 0.5) is 11.4 Å². The molecule has 0 radical (unpaired) electrons. The van der Waals surface area contributed by atoms with E-state index in [2.05, 4.69) is 10.6 Å². The number of allylic oxidation sites excluding steroid dienone is 1. The van der Waals surface area contributed by atoms with Crippen LogP contribution in [-0.2, 0) is 4.79 Å². The number of aryl methyl sites for hydroxylation is 1. The summed E-state index contributed by atoms with van der Waals surface area (Å²) in [5, 5.41) is 6.93. The van der Waals surface area contributed by atoms with Crippen LogP contribution in [0.25, 0.3) is 0 Å². The van der Waals surface area contributed by atoms with Crippen molar-refractivity contribution in [3.8, 4) is 0 Å². The van der Waals surface area contributed by atoms with Gasteiger partial charge in [-0.3, -0.25) is 4.79 Å². The standard InChI is InChI=1S/C19H20N2O2/c1-11-7-8-18(23-11)13-9-16-19(17(22)10-13)12(2)20-14-5-3-4-6-15(14)21-16/h3-8,12-13,20-21H,9-10H2,1-2H3/t12-,13-/m0/s1. The molecular weight excluding hydrogens is 288 g/mol. The summed E-state index contributed by atoms with van der Waals surface area (Å²) in [4.78, 5) is 12.8. The predicted octanol–water partition coefficient (Wildman–Crippen LogP) is 4.21. The molecule has 0 fully saturated rings. The number of anilines is 2. The first-order valence-electron chi connectivity index (χ1n) is 8.07. The van der Waals surface area contributed by atoms with Gasteiger partial charge in [-0.1, -0.05) is 12.1 Å². The fraction of sp³-hybridized carbons (Fsp3) is 0.316. The summed E-state index contributed by atoms with van der Waals surface area (Å²) in [5.74, 6) is 2.11. The number of carbonyl (C=O) groups excluding carboxylic acids is 1. The second-order valence-electron chi connectivity index (χ2n) is 6.41. The molecule has 2 aliphatic rings. The average molecular weight is 308 g/mol. The van der Waals surface area contributed by atoms with Crippen molar-refractivity contribution in [1.29, 1.82) is 0 Å². The number of fused-ring (bicyclic) bond motifs is 1. The van der Waals surface area contributed by atoms with Crippen LogP contribution in [-0.4, -0.2) is 11.8 Å². The van der Waals surface area contributed by atoms with E-state index in [-0.39, 0.29) is 17.7 Å². The van der Waals surface area contributed by atoms with Crippen LogP contribution in [0.5, 0.6) is 0 Å². The zero-order valence-corrected chi connectivity index (χ0v) is 13.3. The molecule has 2 heterocycles. The number of rotatable bonds is 1. The lowest BCUT2D eigenvalue weighted by Crippen LogP contribution is -2.29. The maximum atomic E-state index is 12.8. The van der Waals surface area contributed by atoms with Crippen molar-refractivity contribution >= 4 is 17.2 Å². The Kier molecular flexibility index (Phi) is 3.26. The van der Waals surface area contributed by atoms with Crippen LogP contribution in [0.15, 0.2) is 52.1 Å². The van der Waals surface area contributed by atoms with Gasteiger partial charge in [0.1, 0.15) is 11.5 Å². The minimum atomic E-state index is 0.00735. The Bertz CT molecular complexity index is 803. The quantitative estimate of drug-likeness (QED) is 0.828. The summed E-state index contributed by atoms with van der Waals surface area (Å²) in [6.45, 7) is 3.99. The molecule has 1 aliphatic heterocycles. The third-order valence-corrected chi connectivity index (χ3v) is 4.69. The molecule has 0 bridgehead atoms. The lowest BCUT2D eigenvalue weighted by atomic mass is 9.82. The summed E-state index contributed by atoms with van der Waals surface area (Å²) in [7, 11) is 0. The van der Waals surface area contributed by atoms with Gasteiger partial charge in [0.25, 0.3) is 0 Å². The van der Waals surface area contributed by atoms with Gasteiger partial charge in [-0.2, -0.15) is 0 Å².